The predicted molar refractivity (Wildman–Crippen MR) is 98.5 cm³/mol. The normalized spacial score (nSPS) is 10.9. The maximum atomic E-state index is 12.2. The van der Waals surface area contributed by atoms with E-state index in [-0.39, 0.29) is 18.2 Å². The van der Waals surface area contributed by atoms with Gasteiger partial charge in [0.1, 0.15) is 11.6 Å². The van der Waals surface area contributed by atoms with Gasteiger partial charge in [-0.05, 0) is 47.9 Å². The molecule has 0 bridgehead atoms. The molecule has 0 aliphatic rings. The van der Waals surface area contributed by atoms with E-state index in [9.17, 15) is 13.2 Å². The zero-order valence-electron chi connectivity index (χ0n) is 14.3. The van der Waals surface area contributed by atoms with Gasteiger partial charge in [0.25, 0.3) is 0 Å². The molecule has 1 aromatic heterocycles. The van der Waals surface area contributed by atoms with Crippen LogP contribution in [0.1, 0.15) is 0 Å². The van der Waals surface area contributed by atoms with Crippen molar-refractivity contribution in [1.29, 1.82) is 0 Å². The van der Waals surface area contributed by atoms with E-state index in [0.717, 1.165) is 10.8 Å². The van der Waals surface area contributed by atoms with Crippen LogP contribution in [0.25, 0.3) is 10.8 Å². The summed E-state index contributed by atoms with van der Waals surface area (Å²) in [5.74, 6) is 1.38. The Morgan fingerprint density at radius 1 is 0.926 bits per heavy atom. The number of hydrogen-bond acceptors (Lipinski definition) is 5. The molecule has 27 heavy (non-hydrogen) atoms. The maximum Gasteiger partial charge on any atom is 0.573 e. The van der Waals surface area contributed by atoms with Gasteiger partial charge in [0, 0.05) is 17.3 Å². The van der Waals surface area contributed by atoms with E-state index >= 15 is 0 Å². The molecule has 0 radical (unpaired) electrons. The second kappa shape index (κ2) is 8.22. The highest BCUT2D eigenvalue weighted by atomic mass is 35.5. The van der Waals surface area contributed by atoms with Crippen LogP contribution in [0, 0.1) is 0 Å². The Morgan fingerprint density at radius 3 is 2.15 bits per heavy atom. The van der Waals surface area contributed by atoms with Gasteiger partial charge >= 0.3 is 6.36 Å². The Balaban J connectivity index is 0.00000261. The van der Waals surface area contributed by atoms with Gasteiger partial charge in [-0.2, -0.15) is 0 Å². The van der Waals surface area contributed by atoms with E-state index < -0.39 is 6.36 Å². The Morgan fingerprint density at radius 2 is 1.56 bits per heavy atom. The standard InChI is InChI=1S/C18H15F3N2O3.ClH/c1-24-15-9-11-7-8-22-17(14(11)10-16(15)25-2)23-12-3-5-13(6-4-12)26-18(19,20)21;/h3-10H,1-2H3,(H,22,23);1H. The molecule has 2 aromatic carbocycles. The highest BCUT2D eigenvalue weighted by Gasteiger charge is 2.30. The first-order valence-corrected chi connectivity index (χ1v) is 7.53. The van der Waals surface area contributed by atoms with Crippen LogP contribution in [0.3, 0.4) is 0 Å². The minimum atomic E-state index is -4.72. The molecule has 0 spiro atoms. The molecule has 5 nitrogen and oxygen atoms in total. The lowest BCUT2D eigenvalue weighted by Crippen LogP contribution is -2.16. The van der Waals surface area contributed by atoms with Gasteiger partial charge in [-0.25, -0.2) is 4.98 Å². The summed E-state index contributed by atoms with van der Waals surface area (Å²) in [5.41, 5.74) is 0.564. The molecule has 1 heterocycles. The van der Waals surface area contributed by atoms with Crippen molar-refractivity contribution in [2.75, 3.05) is 19.5 Å². The lowest BCUT2D eigenvalue weighted by molar-refractivity contribution is -0.274. The summed E-state index contributed by atoms with van der Waals surface area (Å²) in [7, 11) is 3.08. The Bertz CT molecular complexity index is 918. The van der Waals surface area contributed by atoms with E-state index in [1.54, 1.807) is 19.4 Å². The summed E-state index contributed by atoms with van der Waals surface area (Å²) in [6, 6.07) is 10.8. The van der Waals surface area contributed by atoms with Crippen molar-refractivity contribution in [3.8, 4) is 17.2 Å². The highest BCUT2D eigenvalue weighted by Crippen LogP contribution is 2.35. The summed E-state index contributed by atoms with van der Waals surface area (Å²) in [5, 5.41) is 4.73. The fraction of sp³-hybridized carbons (Fsp3) is 0.167. The number of methoxy groups -OCH3 is 2. The quantitative estimate of drug-likeness (QED) is 0.628. The van der Waals surface area contributed by atoms with Crippen LogP contribution in [0.5, 0.6) is 17.2 Å². The van der Waals surface area contributed by atoms with Crippen LogP contribution >= 0.6 is 12.4 Å². The van der Waals surface area contributed by atoms with Gasteiger partial charge in [-0.15, -0.1) is 25.6 Å². The van der Waals surface area contributed by atoms with Crippen LogP contribution in [0.15, 0.2) is 48.7 Å². The van der Waals surface area contributed by atoms with Gasteiger partial charge in [0.15, 0.2) is 11.5 Å². The lowest BCUT2D eigenvalue weighted by atomic mass is 10.1. The molecule has 0 aliphatic heterocycles. The molecular formula is C18H16ClF3N2O3. The first-order valence-electron chi connectivity index (χ1n) is 7.53. The second-order valence-corrected chi connectivity index (χ2v) is 5.29. The van der Waals surface area contributed by atoms with Crippen molar-refractivity contribution in [3.05, 3.63) is 48.7 Å². The van der Waals surface area contributed by atoms with Crippen molar-refractivity contribution in [1.82, 2.24) is 4.98 Å². The lowest BCUT2D eigenvalue weighted by Gasteiger charge is -2.13. The maximum absolute atomic E-state index is 12.2. The summed E-state index contributed by atoms with van der Waals surface area (Å²) in [6.45, 7) is 0. The zero-order valence-corrected chi connectivity index (χ0v) is 15.1. The third-order valence-corrected chi connectivity index (χ3v) is 3.62. The van der Waals surface area contributed by atoms with Crippen molar-refractivity contribution < 1.29 is 27.4 Å². The number of benzene rings is 2. The van der Waals surface area contributed by atoms with Gasteiger partial charge < -0.3 is 19.5 Å². The number of nitrogens with zero attached hydrogens (tertiary/aromatic N) is 1. The zero-order chi connectivity index (χ0) is 18.7. The van der Waals surface area contributed by atoms with Crippen LogP contribution in [-0.4, -0.2) is 25.6 Å². The molecule has 0 atom stereocenters. The van der Waals surface area contributed by atoms with Crippen LogP contribution in [-0.2, 0) is 0 Å². The third-order valence-electron chi connectivity index (χ3n) is 3.62. The molecule has 0 fully saturated rings. The molecule has 0 aliphatic carbocycles. The molecule has 1 N–H and O–H groups in total. The van der Waals surface area contributed by atoms with Gasteiger partial charge in [0.05, 0.1) is 14.2 Å². The molecule has 0 unspecified atom stereocenters. The van der Waals surface area contributed by atoms with Crippen molar-refractivity contribution in [3.63, 3.8) is 0 Å². The third kappa shape index (κ3) is 4.85. The molecule has 0 amide bonds. The number of ether oxygens (including phenoxy) is 3. The highest BCUT2D eigenvalue weighted by molar-refractivity contribution is 5.95. The van der Waals surface area contributed by atoms with E-state index in [2.05, 4.69) is 15.0 Å². The number of halogens is 4. The van der Waals surface area contributed by atoms with Crippen molar-refractivity contribution in [2.45, 2.75) is 6.36 Å². The fourth-order valence-electron chi connectivity index (χ4n) is 2.48. The van der Waals surface area contributed by atoms with Gasteiger partial charge in [-0.1, -0.05) is 0 Å². The number of rotatable bonds is 5. The number of pyridine rings is 1. The van der Waals surface area contributed by atoms with Crippen LogP contribution in [0.2, 0.25) is 0 Å². The molecule has 3 aromatic rings. The summed E-state index contributed by atoms with van der Waals surface area (Å²) in [4.78, 5) is 4.30. The molecular weight excluding hydrogens is 385 g/mol. The van der Waals surface area contributed by atoms with Crippen LogP contribution in [0.4, 0.5) is 24.7 Å². The SMILES string of the molecule is COc1cc2ccnc(Nc3ccc(OC(F)(F)F)cc3)c2cc1OC.Cl. The van der Waals surface area contributed by atoms with E-state index in [1.165, 1.54) is 31.4 Å². The largest absolute Gasteiger partial charge is 0.573 e. The minimum absolute atomic E-state index is 0. The summed E-state index contributed by atoms with van der Waals surface area (Å²) >= 11 is 0. The average Bonchev–Trinajstić information content (AvgIpc) is 2.61. The first-order chi connectivity index (χ1) is 12.4. The van der Waals surface area contributed by atoms with Crippen molar-refractivity contribution >= 4 is 34.7 Å². The van der Waals surface area contributed by atoms with Crippen molar-refractivity contribution in [2.24, 2.45) is 0 Å². The number of anilines is 2. The molecule has 0 saturated carbocycles. The monoisotopic (exact) mass is 400 g/mol. The Hall–Kier alpha value is -2.87. The van der Waals surface area contributed by atoms with Crippen LogP contribution < -0.4 is 19.5 Å². The predicted octanol–water partition coefficient (Wildman–Crippen LogP) is 5.32. The molecule has 144 valence electrons. The fourth-order valence-corrected chi connectivity index (χ4v) is 2.48. The molecule has 0 saturated heterocycles. The smallest absolute Gasteiger partial charge is 0.493 e. The summed E-state index contributed by atoms with van der Waals surface area (Å²) < 4.78 is 51.1. The van der Waals surface area contributed by atoms with Gasteiger partial charge in [-0.3, -0.25) is 0 Å². The average molecular weight is 401 g/mol. The van der Waals surface area contributed by atoms with E-state index in [4.69, 9.17) is 9.47 Å². The Kier molecular flexibility index (Phi) is 6.22. The number of fused-ring (bicyclic) bond motifs is 1. The number of nitrogens with one attached hydrogen (secondary N) is 1. The topological polar surface area (TPSA) is 52.6 Å². The summed E-state index contributed by atoms with van der Waals surface area (Å²) in [6.07, 6.45) is -3.10. The minimum Gasteiger partial charge on any atom is -0.493 e. The van der Waals surface area contributed by atoms with E-state index in [0.29, 0.717) is 23.0 Å². The van der Waals surface area contributed by atoms with Gasteiger partial charge in [0.2, 0.25) is 0 Å². The number of alkyl halides is 3. The van der Waals surface area contributed by atoms with E-state index in [1.807, 2.05) is 12.1 Å². The molecule has 3 rings (SSSR count). The Labute approximate surface area is 159 Å². The number of hydrogen-bond donors (Lipinski definition) is 1. The molecule has 9 heteroatoms. The second-order valence-electron chi connectivity index (χ2n) is 5.29. The number of aromatic nitrogens is 1. The first kappa shape index (κ1) is 20.4.